The molecule has 0 amide bonds. The molecule has 3 nitrogen and oxygen atoms in total. The Hall–Kier alpha value is -1.68. The molecule has 0 saturated carbocycles. The highest BCUT2D eigenvalue weighted by Gasteiger charge is 2.14. The molecule has 84 valence electrons. The summed E-state index contributed by atoms with van der Waals surface area (Å²) >= 11 is 0. The maximum absolute atomic E-state index is 13.9. The zero-order valence-electron chi connectivity index (χ0n) is 8.88. The van der Waals surface area contributed by atoms with Gasteiger partial charge in [-0.1, -0.05) is 18.2 Å². The van der Waals surface area contributed by atoms with Crippen molar-refractivity contribution in [1.82, 2.24) is 9.78 Å². The van der Waals surface area contributed by atoms with Crippen LogP contribution in [0.2, 0.25) is 0 Å². The summed E-state index contributed by atoms with van der Waals surface area (Å²) in [6.07, 6.45) is 2.77. The lowest BCUT2D eigenvalue weighted by molar-refractivity contribution is 0.327. The Labute approximate surface area is 93.7 Å². The van der Waals surface area contributed by atoms with Crippen molar-refractivity contribution in [2.45, 2.75) is 12.6 Å². The Kier molecular flexibility index (Phi) is 3.31. The fraction of sp³-hybridized carbons (Fsp3) is 0.250. The van der Waals surface area contributed by atoms with Crippen molar-refractivity contribution in [3.8, 4) is 5.69 Å². The molecule has 1 unspecified atom stereocenters. The van der Waals surface area contributed by atoms with Gasteiger partial charge < -0.3 is 5.73 Å². The lowest BCUT2D eigenvalue weighted by Crippen LogP contribution is -2.07. The number of hydrogen-bond donors (Lipinski definition) is 1. The predicted octanol–water partition coefficient (Wildman–Crippen LogP) is 2.23. The average Bonchev–Trinajstić information content (AvgIpc) is 2.83. The molecule has 0 aliphatic carbocycles. The van der Waals surface area contributed by atoms with Gasteiger partial charge in [-0.2, -0.15) is 5.10 Å². The molecule has 0 aliphatic rings. The van der Waals surface area contributed by atoms with E-state index in [4.69, 9.17) is 5.73 Å². The van der Waals surface area contributed by atoms with Crippen molar-refractivity contribution in [3.63, 3.8) is 0 Å². The molecule has 0 saturated heterocycles. The molecule has 1 aromatic carbocycles. The molecule has 0 aliphatic heterocycles. The predicted molar refractivity (Wildman–Crippen MR) is 61.1 cm³/mol. The first-order valence-electron chi connectivity index (χ1n) is 5.26. The van der Waals surface area contributed by atoms with E-state index in [0.717, 1.165) is 5.69 Å². The Balaban J connectivity index is 2.38. The first-order chi connectivity index (χ1) is 7.83. The van der Waals surface area contributed by atoms with Crippen LogP contribution in [-0.2, 0) is 0 Å². The molecule has 0 bridgehead atoms. The monoisotopic (exact) mass is 219 g/mol. The minimum absolute atomic E-state index is 0.332. The molecule has 16 heavy (non-hydrogen) atoms. The van der Waals surface area contributed by atoms with Crippen molar-refractivity contribution >= 4 is 0 Å². The summed E-state index contributed by atoms with van der Waals surface area (Å²) < 4.78 is 15.5. The maximum Gasteiger partial charge on any atom is 0.128 e. The molecule has 0 fully saturated rings. The summed E-state index contributed by atoms with van der Waals surface area (Å²) in [6.45, 7) is 0.342. The molecular formula is C12H14FN3. The molecule has 1 atom stereocenters. The minimum atomic E-state index is -1.04. The molecule has 4 heteroatoms. The van der Waals surface area contributed by atoms with Gasteiger partial charge in [-0.25, -0.2) is 9.07 Å². The largest absolute Gasteiger partial charge is 0.330 e. The van der Waals surface area contributed by atoms with Crippen molar-refractivity contribution < 1.29 is 4.39 Å². The van der Waals surface area contributed by atoms with Crippen molar-refractivity contribution in [2.24, 2.45) is 5.73 Å². The van der Waals surface area contributed by atoms with Crippen LogP contribution in [0.15, 0.2) is 42.7 Å². The van der Waals surface area contributed by atoms with E-state index in [1.54, 1.807) is 23.1 Å². The number of halogens is 1. The van der Waals surface area contributed by atoms with Gasteiger partial charge >= 0.3 is 0 Å². The summed E-state index contributed by atoms with van der Waals surface area (Å²) in [7, 11) is 0. The Morgan fingerprint density at radius 3 is 2.81 bits per heavy atom. The topological polar surface area (TPSA) is 43.8 Å². The van der Waals surface area contributed by atoms with Crippen LogP contribution >= 0.6 is 0 Å². The lowest BCUT2D eigenvalue weighted by atomic mass is 10.1. The third-order valence-corrected chi connectivity index (χ3v) is 2.45. The van der Waals surface area contributed by atoms with Crippen LogP contribution in [0.4, 0.5) is 4.39 Å². The van der Waals surface area contributed by atoms with Crippen molar-refractivity contribution in [1.29, 1.82) is 0 Å². The highest BCUT2D eigenvalue weighted by molar-refractivity contribution is 5.41. The second-order valence-electron chi connectivity index (χ2n) is 3.55. The summed E-state index contributed by atoms with van der Waals surface area (Å²) in [6, 6.07) is 9.14. The second kappa shape index (κ2) is 4.90. The molecule has 2 aromatic rings. The third-order valence-electron chi connectivity index (χ3n) is 2.45. The van der Waals surface area contributed by atoms with Gasteiger partial charge in [0.2, 0.25) is 0 Å². The number of hydrogen-bond acceptors (Lipinski definition) is 2. The van der Waals surface area contributed by atoms with Gasteiger partial charge in [0.25, 0.3) is 0 Å². The van der Waals surface area contributed by atoms with Crippen LogP contribution < -0.4 is 5.73 Å². The van der Waals surface area contributed by atoms with Gasteiger partial charge in [-0.15, -0.1) is 0 Å². The smallest absolute Gasteiger partial charge is 0.128 e. The number of nitrogens with two attached hydrogens (primary N) is 1. The molecule has 0 spiro atoms. The number of nitrogens with zero attached hydrogens (tertiary/aromatic N) is 2. The molecule has 2 rings (SSSR count). The van der Waals surface area contributed by atoms with Crippen LogP contribution in [0.5, 0.6) is 0 Å². The molecule has 2 N–H and O–H groups in total. The van der Waals surface area contributed by atoms with Gasteiger partial charge in [-0.3, -0.25) is 0 Å². The van der Waals surface area contributed by atoms with E-state index in [0.29, 0.717) is 18.5 Å². The van der Waals surface area contributed by atoms with Gasteiger partial charge in [0, 0.05) is 18.0 Å². The average molecular weight is 219 g/mol. The number of aromatic nitrogens is 2. The van der Waals surface area contributed by atoms with Crippen LogP contribution in [0.3, 0.4) is 0 Å². The maximum atomic E-state index is 13.9. The van der Waals surface area contributed by atoms with Crippen LogP contribution in [-0.4, -0.2) is 16.3 Å². The second-order valence-corrected chi connectivity index (χ2v) is 3.55. The van der Waals surface area contributed by atoms with Crippen LogP contribution in [0.1, 0.15) is 18.2 Å². The van der Waals surface area contributed by atoms with E-state index in [1.807, 2.05) is 24.3 Å². The minimum Gasteiger partial charge on any atom is -0.330 e. The molecular weight excluding hydrogens is 205 g/mol. The SMILES string of the molecule is NCCC(F)c1ccccc1-n1cccn1. The van der Waals surface area contributed by atoms with E-state index in [-0.39, 0.29) is 0 Å². The van der Waals surface area contributed by atoms with E-state index >= 15 is 0 Å². The van der Waals surface area contributed by atoms with E-state index < -0.39 is 6.17 Å². The molecule has 0 radical (unpaired) electrons. The van der Waals surface area contributed by atoms with E-state index in [2.05, 4.69) is 5.10 Å². The van der Waals surface area contributed by atoms with Gasteiger partial charge in [0.1, 0.15) is 6.17 Å². The fourth-order valence-corrected chi connectivity index (χ4v) is 1.67. The normalized spacial score (nSPS) is 12.6. The van der Waals surface area contributed by atoms with Crippen LogP contribution in [0.25, 0.3) is 5.69 Å². The first-order valence-corrected chi connectivity index (χ1v) is 5.26. The van der Waals surface area contributed by atoms with E-state index in [9.17, 15) is 4.39 Å². The molecule has 1 aromatic heterocycles. The van der Waals surface area contributed by atoms with Crippen molar-refractivity contribution in [3.05, 3.63) is 48.3 Å². The number of benzene rings is 1. The first kappa shape index (κ1) is 10.8. The lowest BCUT2D eigenvalue weighted by Gasteiger charge is -2.12. The number of para-hydroxylation sites is 1. The third kappa shape index (κ3) is 2.12. The summed E-state index contributed by atoms with van der Waals surface area (Å²) in [5, 5.41) is 4.11. The quantitative estimate of drug-likeness (QED) is 0.857. The summed E-state index contributed by atoms with van der Waals surface area (Å²) in [5.41, 5.74) is 6.78. The molecule has 1 heterocycles. The van der Waals surface area contributed by atoms with Gasteiger partial charge in [0.15, 0.2) is 0 Å². The highest BCUT2D eigenvalue weighted by Crippen LogP contribution is 2.26. The number of rotatable bonds is 4. The Bertz CT molecular complexity index is 439. The zero-order valence-corrected chi connectivity index (χ0v) is 8.88. The highest BCUT2D eigenvalue weighted by atomic mass is 19.1. The zero-order chi connectivity index (χ0) is 11.4. The van der Waals surface area contributed by atoms with Gasteiger partial charge in [0.05, 0.1) is 5.69 Å². The Morgan fingerprint density at radius 2 is 2.12 bits per heavy atom. The summed E-state index contributed by atoms with van der Waals surface area (Å²) in [5.74, 6) is 0. The fourth-order valence-electron chi connectivity index (χ4n) is 1.67. The van der Waals surface area contributed by atoms with Crippen LogP contribution in [0, 0.1) is 0 Å². The van der Waals surface area contributed by atoms with E-state index in [1.165, 1.54) is 0 Å². The van der Waals surface area contributed by atoms with Crippen molar-refractivity contribution in [2.75, 3.05) is 6.54 Å². The van der Waals surface area contributed by atoms with Gasteiger partial charge in [-0.05, 0) is 25.1 Å². The number of alkyl halides is 1. The summed E-state index contributed by atoms with van der Waals surface area (Å²) in [4.78, 5) is 0. The standard InChI is InChI=1S/C12H14FN3/c13-11(6-7-14)10-4-1-2-5-12(10)16-9-3-8-15-16/h1-5,8-9,11H,6-7,14H2. The Morgan fingerprint density at radius 1 is 1.31 bits per heavy atom.